The standard InChI is InChI=1S/C20H23NO3S/c1-14-6-8-16(9-7-14)17-10-12-25-19(17)20(23)24-13-18(22)21-11-4-3-5-15(21)2/h6-10,12,15H,3-5,11,13H2,1-2H3/t15-/m1/s1. The van der Waals surface area contributed by atoms with Crippen LogP contribution in [0.3, 0.4) is 0 Å². The van der Waals surface area contributed by atoms with Crippen LogP contribution in [-0.2, 0) is 9.53 Å². The summed E-state index contributed by atoms with van der Waals surface area (Å²) in [6.07, 6.45) is 3.19. The number of hydrogen-bond donors (Lipinski definition) is 0. The first-order valence-corrected chi connectivity index (χ1v) is 9.55. The summed E-state index contributed by atoms with van der Waals surface area (Å²) >= 11 is 1.35. The van der Waals surface area contributed by atoms with E-state index in [-0.39, 0.29) is 18.6 Å². The summed E-state index contributed by atoms with van der Waals surface area (Å²) in [6, 6.07) is 10.2. The fraction of sp³-hybridized carbons (Fsp3) is 0.400. The summed E-state index contributed by atoms with van der Waals surface area (Å²) in [6.45, 7) is 4.65. The van der Waals surface area contributed by atoms with E-state index in [9.17, 15) is 9.59 Å². The maximum Gasteiger partial charge on any atom is 0.349 e. The molecule has 1 aliphatic heterocycles. The van der Waals surface area contributed by atoms with Crippen molar-refractivity contribution in [1.82, 2.24) is 4.90 Å². The minimum atomic E-state index is -0.427. The second-order valence-corrected chi connectivity index (χ2v) is 7.45. The maximum atomic E-state index is 12.5. The Hall–Kier alpha value is -2.14. The number of thiophene rings is 1. The monoisotopic (exact) mass is 357 g/mol. The molecule has 1 saturated heterocycles. The van der Waals surface area contributed by atoms with Crippen molar-refractivity contribution in [3.8, 4) is 11.1 Å². The number of likely N-dealkylation sites (tertiary alicyclic amines) is 1. The molecule has 3 rings (SSSR count). The summed E-state index contributed by atoms with van der Waals surface area (Å²) in [5.74, 6) is -0.530. The molecule has 2 aromatic rings. The predicted molar refractivity (Wildman–Crippen MR) is 99.8 cm³/mol. The zero-order valence-corrected chi connectivity index (χ0v) is 15.5. The highest BCUT2D eigenvalue weighted by Crippen LogP contribution is 2.29. The van der Waals surface area contributed by atoms with Gasteiger partial charge in [-0.25, -0.2) is 4.79 Å². The van der Waals surface area contributed by atoms with E-state index in [4.69, 9.17) is 4.74 Å². The first-order valence-electron chi connectivity index (χ1n) is 8.67. The summed E-state index contributed by atoms with van der Waals surface area (Å²) in [5.41, 5.74) is 3.01. The molecule has 0 saturated carbocycles. The zero-order chi connectivity index (χ0) is 17.8. The van der Waals surface area contributed by atoms with Gasteiger partial charge in [0.1, 0.15) is 4.88 Å². The fourth-order valence-corrected chi connectivity index (χ4v) is 3.98. The van der Waals surface area contributed by atoms with Crippen LogP contribution < -0.4 is 0 Å². The molecule has 0 aliphatic carbocycles. The van der Waals surface area contributed by atoms with Crippen molar-refractivity contribution in [2.45, 2.75) is 39.2 Å². The number of nitrogens with zero attached hydrogens (tertiary/aromatic N) is 1. The summed E-state index contributed by atoms with van der Waals surface area (Å²) < 4.78 is 5.32. The Morgan fingerprint density at radius 1 is 1.20 bits per heavy atom. The molecule has 4 nitrogen and oxygen atoms in total. The molecular formula is C20H23NO3S. The molecule has 5 heteroatoms. The van der Waals surface area contributed by atoms with Crippen LogP contribution in [0.1, 0.15) is 41.4 Å². The van der Waals surface area contributed by atoms with Gasteiger partial charge in [-0.1, -0.05) is 29.8 Å². The van der Waals surface area contributed by atoms with Gasteiger partial charge in [-0.2, -0.15) is 0 Å². The van der Waals surface area contributed by atoms with E-state index >= 15 is 0 Å². The van der Waals surface area contributed by atoms with Gasteiger partial charge >= 0.3 is 5.97 Å². The third kappa shape index (κ3) is 4.10. The smallest absolute Gasteiger partial charge is 0.349 e. The molecule has 1 aliphatic rings. The zero-order valence-electron chi connectivity index (χ0n) is 14.7. The molecule has 2 heterocycles. The van der Waals surface area contributed by atoms with Gasteiger partial charge in [0.05, 0.1) is 0 Å². The van der Waals surface area contributed by atoms with Crippen molar-refractivity contribution in [2.75, 3.05) is 13.2 Å². The molecule has 0 spiro atoms. The Labute approximate surface area is 152 Å². The van der Waals surface area contributed by atoms with Crippen LogP contribution in [-0.4, -0.2) is 36.0 Å². The van der Waals surface area contributed by atoms with Gasteiger partial charge in [0.2, 0.25) is 0 Å². The van der Waals surface area contributed by atoms with E-state index in [2.05, 4.69) is 0 Å². The SMILES string of the molecule is Cc1ccc(-c2ccsc2C(=O)OCC(=O)N2CCCC[C@H]2C)cc1. The number of ether oxygens (including phenoxy) is 1. The number of rotatable bonds is 4. The van der Waals surface area contributed by atoms with Crippen LogP contribution in [0.25, 0.3) is 11.1 Å². The van der Waals surface area contributed by atoms with Gasteiger partial charge in [-0.05, 0) is 50.1 Å². The average molecular weight is 357 g/mol. The van der Waals surface area contributed by atoms with Crippen molar-refractivity contribution < 1.29 is 14.3 Å². The Balaban J connectivity index is 1.65. The van der Waals surface area contributed by atoms with E-state index in [1.165, 1.54) is 16.9 Å². The number of amides is 1. The van der Waals surface area contributed by atoms with Crippen LogP contribution in [0.15, 0.2) is 35.7 Å². The number of benzene rings is 1. The molecule has 1 aromatic heterocycles. The minimum absolute atomic E-state index is 0.103. The van der Waals surface area contributed by atoms with Gasteiger partial charge in [0.25, 0.3) is 5.91 Å². The molecule has 132 valence electrons. The van der Waals surface area contributed by atoms with Crippen LogP contribution in [0.5, 0.6) is 0 Å². The minimum Gasteiger partial charge on any atom is -0.451 e. The van der Waals surface area contributed by atoms with E-state index in [0.29, 0.717) is 4.88 Å². The van der Waals surface area contributed by atoms with Gasteiger partial charge in [-0.15, -0.1) is 11.3 Å². The highest BCUT2D eigenvalue weighted by Gasteiger charge is 2.25. The number of piperidine rings is 1. The van der Waals surface area contributed by atoms with Crippen LogP contribution in [0, 0.1) is 6.92 Å². The molecule has 0 N–H and O–H groups in total. The van der Waals surface area contributed by atoms with Crippen molar-refractivity contribution in [3.05, 3.63) is 46.2 Å². The molecule has 0 unspecified atom stereocenters. The van der Waals surface area contributed by atoms with E-state index in [0.717, 1.165) is 36.9 Å². The Bertz CT molecular complexity index is 751. The molecule has 1 amide bonds. The first kappa shape index (κ1) is 17.7. The van der Waals surface area contributed by atoms with Crippen molar-refractivity contribution in [3.63, 3.8) is 0 Å². The van der Waals surface area contributed by atoms with Gasteiger partial charge in [-0.3, -0.25) is 4.79 Å². The molecule has 25 heavy (non-hydrogen) atoms. The quantitative estimate of drug-likeness (QED) is 0.767. The lowest BCUT2D eigenvalue weighted by Crippen LogP contribution is -2.44. The molecule has 0 bridgehead atoms. The van der Waals surface area contributed by atoms with Crippen molar-refractivity contribution >= 4 is 23.2 Å². The van der Waals surface area contributed by atoms with Crippen LogP contribution in [0.4, 0.5) is 0 Å². The number of carbonyl (C=O) groups excluding carboxylic acids is 2. The maximum absolute atomic E-state index is 12.5. The van der Waals surface area contributed by atoms with Crippen LogP contribution >= 0.6 is 11.3 Å². The lowest BCUT2D eigenvalue weighted by Gasteiger charge is -2.33. The molecular weight excluding hydrogens is 334 g/mol. The molecule has 1 atom stereocenters. The first-order chi connectivity index (χ1) is 12.1. The normalized spacial score (nSPS) is 17.4. The van der Waals surface area contributed by atoms with E-state index in [1.54, 1.807) is 0 Å². The average Bonchev–Trinajstić information content (AvgIpc) is 3.10. The van der Waals surface area contributed by atoms with Gasteiger partial charge in [0.15, 0.2) is 6.61 Å². The lowest BCUT2D eigenvalue weighted by molar-refractivity contribution is -0.137. The highest BCUT2D eigenvalue weighted by molar-refractivity contribution is 7.12. The number of aryl methyl sites for hydroxylation is 1. The second-order valence-electron chi connectivity index (χ2n) is 6.54. The van der Waals surface area contributed by atoms with Gasteiger partial charge in [0, 0.05) is 18.2 Å². The molecule has 0 radical (unpaired) electrons. The lowest BCUT2D eigenvalue weighted by atomic mass is 10.0. The van der Waals surface area contributed by atoms with E-state index in [1.807, 2.05) is 54.5 Å². The number of hydrogen-bond acceptors (Lipinski definition) is 4. The Kier molecular flexibility index (Phi) is 5.53. The molecule has 1 aromatic carbocycles. The fourth-order valence-electron chi connectivity index (χ4n) is 3.17. The number of carbonyl (C=O) groups is 2. The van der Waals surface area contributed by atoms with Crippen LogP contribution in [0.2, 0.25) is 0 Å². The largest absolute Gasteiger partial charge is 0.451 e. The Morgan fingerprint density at radius 3 is 2.68 bits per heavy atom. The van der Waals surface area contributed by atoms with Crippen molar-refractivity contribution in [2.24, 2.45) is 0 Å². The summed E-state index contributed by atoms with van der Waals surface area (Å²) in [5, 5.41) is 1.88. The third-order valence-electron chi connectivity index (χ3n) is 4.66. The van der Waals surface area contributed by atoms with Crippen molar-refractivity contribution in [1.29, 1.82) is 0 Å². The highest BCUT2D eigenvalue weighted by atomic mass is 32.1. The topological polar surface area (TPSA) is 46.6 Å². The van der Waals surface area contributed by atoms with Gasteiger partial charge < -0.3 is 9.64 Å². The predicted octanol–water partition coefficient (Wildman–Crippen LogP) is 4.28. The summed E-state index contributed by atoms with van der Waals surface area (Å²) in [4.78, 5) is 27.2. The summed E-state index contributed by atoms with van der Waals surface area (Å²) in [7, 11) is 0. The third-order valence-corrected chi connectivity index (χ3v) is 5.56. The second kappa shape index (κ2) is 7.83. The van der Waals surface area contributed by atoms with E-state index < -0.39 is 5.97 Å². The number of esters is 1. The Morgan fingerprint density at radius 2 is 1.96 bits per heavy atom. The molecule has 1 fully saturated rings.